The summed E-state index contributed by atoms with van der Waals surface area (Å²) in [7, 11) is -6.42. The molecule has 0 aliphatic rings. The quantitative estimate of drug-likeness (QED) is 0.207. The molecule has 0 fully saturated rings. The Morgan fingerprint density at radius 3 is 1.67 bits per heavy atom. The van der Waals surface area contributed by atoms with Crippen LogP contribution >= 0.6 is 7.99 Å². The zero-order valence-corrected chi connectivity index (χ0v) is 14.0. The highest BCUT2D eigenvalue weighted by molar-refractivity contribution is 7.47. The van der Waals surface area contributed by atoms with E-state index in [4.69, 9.17) is 0 Å². The molecule has 0 heterocycles. The van der Waals surface area contributed by atoms with E-state index in [2.05, 4.69) is 4.52 Å². The SMILES string of the molecule is CCC(BC(C)c1c(F)c(F)c(F)c(F)c1F)(CC)OP(=O)(F)F. The number of benzene rings is 1. The lowest BCUT2D eigenvalue weighted by Crippen LogP contribution is -2.40. The minimum Gasteiger partial charge on any atom is -0.283 e. The molecule has 0 N–H and O–H groups in total. The van der Waals surface area contributed by atoms with Crippen LogP contribution in [0.15, 0.2) is 0 Å². The van der Waals surface area contributed by atoms with Gasteiger partial charge in [-0.05, 0) is 18.7 Å². The van der Waals surface area contributed by atoms with Gasteiger partial charge in [0.15, 0.2) is 30.5 Å². The summed E-state index contributed by atoms with van der Waals surface area (Å²) in [6.45, 7) is 3.96. The van der Waals surface area contributed by atoms with Crippen molar-refractivity contribution in [2.45, 2.75) is 44.9 Å². The van der Waals surface area contributed by atoms with Gasteiger partial charge in [-0.2, -0.15) is 0 Å². The second-order valence-electron chi connectivity index (χ2n) is 5.48. The van der Waals surface area contributed by atoms with Crippen LogP contribution in [0.3, 0.4) is 0 Å². The Kier molecular flexibility index (Phi) is 6.55. The van der Waals surface area contributed by atoms with Crippen molar-refractivity contribution in [2.75, 3.05) is 0 Å². The Balaban J connectivity index is 3.32. The van der Waals surface area contributed by atoms with Gasteiger partial charge in [0.25, 0.3) is 0 Å². The van der Waals surface area contributed by atoms with E-state index >= 15 is 0 Å². The Morgan fingerprint density at radius 1 is 0.958 bits per heavy atom. The van der Waals surface area contributed by atoms with Gasteiger partial charge in [0, 0.05) is 5.56 Å². The van der Waals surface area contributed by atoms with E-state index in [-0.39, 0.29) is 12.8 Å². The van der Waals surface area contributed by atoms with E-state index in [1.54, 1.807) is 0 Å². The fraction of sp³-hybridized carbons (Fsp3) is 0.538. The fourth-order valence-electron chi connectivity index (χ4n) is 2.65. The molecule has 2 nitrogen and oxygen atoms in total. The van der Waals surface area contributed by atoms with E-state index in [1.165, 1.54) is 13.8 Å². The second kappa shape index (κ2) is 7.48. The first-order chi connectivity index (χ1) is 10.9. The van der Waals surface area contributed by atoms with E-state index in [9.17, 15) is 34.9 Å². The van der Waals surface area contributed by atoms with Gasteiger partial charge in [0.2, 0.25) is 5.82 Å². The summed E-state index contributed by atoms with van der Waals surface area (Å²) in [6.07, 6.45) is -0.192. The highest BCUT2D eigenvalue weighted by Crippen LogP contribution is 2.55. The first-order valence-corrected chi connectivity index (χ1v) is 8.51. The average Bonchev–Trinajstić information content (AvgIpc) is 2.49. The number of rotatable bonds is 7. The Morgan fingerprint density at radius 2 is 1.33 bits per heavy atom. The highest BCUT2D eigenvalue weighted by Gasteiger charge is 2.41. The topological polar surface area (TPSA) is 26.3 Å². The summed E-state index contributed by atoms with van der Waals surface area (Å²) in [4.78, 5) is 0. The molecule has 0 aromatic heterocycles. The van der Waals surface area contributed by atoms with Crippen molar-refractivity contribution in [2.24, 2.45) is 0 Å². The summed E-state index contributed by atoms with van der Waals surface area (Å²) in [5.41, 5.74) is -2.84. The van der Waals surface area contributed by atoms with E-state index in [0.717, 1.165) is 6.92 Å². The highest BCUT2D eigenvalue weighted by atomic mass is 31.2. The molecule has 0 aliphatic heterocycles. The summed E-state index contributed by atoms with van der Waals surface area (Å²) in [6, 6.07) is 0. The standard InChI is InChI=1S/C13H15BF7O2P/c1-4-13(5-2,23-24(20,21)22)14-6(3)7-8(15)10(17)12(19)11(18)9(7)16/h6,14H,4-5H2,1-3H3. The van der Waals surface area contributed by atoms with Gasteiger partial charge in [-0.25, -0.2) is 26.5 Å². The first kappa shape index (κ1) is 21.0. The molecule has 0 aliphatic carbocycles. The molecular weight excluding hydrogens is 363 g/mol. The molecule has 11 heteroatoms. The Labute approximate surface area is 135 Å². The third kappa shape index (κ3) is 4.33. The lowest BCUT2D eigenvalue weighted by Gasteiger charge is -2.32. The molecule has 1 aromatic carbocycles. The zero-order chi connectivity index (χ0) is 18.9. The van der Waals surface area contributed by atoms with Crippen LogP contribution in [0.5, 0.6) is 0 Å². The van der Waals surface area contributed by atoms with Crippen LogP contribution in [0.4, 0.5) is 30.3 Å². The summed E-state index contributed by atoms with van der Waals surface area (Å²) >= 11 is 0. The van der Waals surface area contributed by atoms with Crippen LogP contribution in [-0.4, -0.2) is 12.8 Å². The minimum absolute atomic E-state index is 0.0962. The third-order valence-electron chi connectivity index (χ3n) is 4.00. The van der Waals surface area contributed by atoms with E-state index in [1.807, 2.05) is 0 Å². The first-order valence-electron chi connectivity index (χ1n) is 7.10. The maximum absolute atomic E-state index is 13.8. The van der Waals surface area contributed by atoms with Crippen molar-refractivity contribution in [3.63, 3.8) is 0 Å². The second-order valence-corrected chi connectivity index (χ2v) is 6.50. The molecule has 0 radical (unpaired) electrons. The fourth-order valence-corrected chi connectivity index (χ4v) is 3.43. The van der Waals surface area contributed by atoms with Crippen LogP contribution in [0, 0.1) is 29.1 Å². The van der Waals surface area contributed by atoms with Crippen molar-refractivity contribution in [3.8, 4) is 0 Å². The summed E-state index contributed by atoms with van der Waals surface area (Å²) < 4.78 is 108. The van der Waals surface area contributed by atoms with Gasteiger partial charge in [0.1, 0.15) is 0 Å². The van der Waals surface area contributed by atoms with Gasteiger partial charge in [0.05, 0.1) is 5.50 Å². The number of halogens is 7. The molecule has 136 valence electrons. The molecule has 1 unspecified atom stereocenters. The molecule has 0 saturated heterocycles. The molecule has 0 saturated carbocycles. The van der Waals surface area contributed by atoms with Gasteiger partial charge >= 0.3 is 7.99 Å². The smallest absolute Gasteiger partial charge is 0.283 e. The number of hydrogen-bond donors (Lipinski definition) is 0. The van der Waals surface area contributed by atoms with Crippen LogP contribution in [0.25, 0.3) is 0 Å². The zero-order valence-electron chi connectivity index (χ0n) is 13.1. The van der Waals surface area contributed by atoms with Crippen molar-refractivity contribution in [1.29, 1.82) is 0 Å². The summed E-state index contributed by atoms with van der Waals surface area (Å²) in [5.74, 6) is -11.9. The van der Waals surface area contributed by atoms with Crippen molar-refractivity contribution >= 4 is 15.3 Å². The summed E-state index contributed by atoms with van der Waals surface area (Å²) in [5, 5.41) is 0. The monoisotopic (exact) mass is 378 g/mol. The van der Waals surface area contributed by atoms with Crippen molar-refractivity contribution in [1.82, 2.24) is 0 Å². The molecule has 0 spiro atoms. The predicted molar refractivity (Wildman–Crippen MR) is 76.0 cm³/mol. The molecule has 1 atom stereocenters. The number of hydrogen-bond acceptors (Lipinski definition) is 2. The molecule has 1 rings (SSSR count). The maximum atomic E-state index is 13.8. The van der Waals surface area contributed by atoms with Gasteiger partial charge < -0.3 is 0 Å². The van der Waals surface area contributed by atoms with Gasteiger partial charge in [-0.1, -0.05) is 20.8 Å². The Hall–Kier alpha value is -1.02. The normalized spacial score (nSPS) is 13.9. The van der Waals surface area contributed by atoms with Gasteiger partial charge in [-0.3, -0.25) is 4.52 Å². The van der Waals surface area contributed by atoms with Gasteiger partial charge in [-0.15, -0.1) is 8.39 Å². The lowest BCUT2D eigenvalue weighted by molar-refractivity contribution is 0.117. The predicted octanol–water partition coefficient (Wildman–Crippen LogP) is 5.46. The van der Waals surface area contributed by atoms with Crippen molar-refractivity contribution < 1.29 is 39.4 Å². The van der Waals surface area contributed by atoms with E-state index < -0.39 is 61.2 Å². The van der Waals surface area contributed by atoms with Crippen molar-refractivity contribution in [3.05, 3.63) is 34.6 Å². The Bertz CT molecular complexity index is 631. The maximum Gasteiger partial charge on any atom is 0.551 e. The molecule has 0 bridgehead atoms. The minimum atomic E-state index is -5.91. The van der Waals surface area contributed by atoms with Crippen LogP contribution in [-0.2, 0) is 9.09 Å². The van der Waals surface area contributed by atoms with E-state index in [0.29, 0.717) is 0 Å². The largest absolute Gasteiger partial charge is 0.551 e. The van der Waals surface area contributed by atoms with Crippen LogP contribution < -0.4 is 0 Å². The average molecular weight is 378 g/mol. The third-order valence-corrected chi connectivity index (χ3v) is 4.60. The van der Waals surface area contributed by atoms with Crippen LogP contribution in [0.1, 0.15) is 45.0 Å². The molecule has 24 heavy (non-hydrogen) atoms. The molecular formula is C13H15BF7O2P. The lowest BCUT2D eigenvalue weighted by atomic mass is 9.49. The molecule has 0 amide bonds. The van der Waals surface area contributed by atoms with Crippen LogP contribution in [0.2, 0.25) is 0 Å². The molecule has 1 aromatic rings.